The SMILES string of the molecule is c1ccc(-c2ccc(-c3ccccc3N(c3ccc(-c4ccc5sc6ccccc6c5c4)cc3)c3ccc4c(c3)C(c3ccccc3)(c3ccccc3)c3cc(-c5ccc6ccccc6c5)ccc3-4)cc2)cc1. The first kappa shape index (κ1) is 42.8. The van der Waals surface area contributed by atoms with Crippen molar-refractivity contribution in [3.05, 3.63) is 307 Å². The Morgan fingerprint density at radius 3 is 1.53 bits per heavy atom. The molecule has 1 aliphatic carbocycles. The summed E-state index contributed by atoms with van der Waals surface area (Å²) in [5.74, 6) is 0. The van der Waals surface area contributed by atoms with Crippen LogP contribution >= 0.6 is 11.3 Å². The Morgan fingerprint density at radius 1 is 0.274 bits per heavy atom. The van der Waals surface area contributed by atoms with E-state index in [-0.39, 0.29) is 0 Å². The summed E-state index contributed by atoms with van der Waals surface area (Å²) < 4.78 is 2.63. The third-order valence-electron chi connectivity index (χ3n) is 15.2. The molecule has 0 spiro atoms. The summed E-state index contributed by atoms with van der Waals surface area (Å²) >= 11 is 1.86. The zero-order chi connectivity index (χ0) is 48.3. The third-order valence-corrected chi connectivity index (χ3v) is 16.3. The number of para-hydroxylation sites is 1. The van der Waals surface area contributed by atoms with Gasteiger partial charge in [-0.2, -0.15) is 0 Å². The summed E-state index contributed by atoms with van der Waals surface area (Å²) in [6, 6.07) is 106. The van der Waals surface area contributed by atoms with Gasteiger partial charge < -0.3 is 4.90 Å². The van der Waals surface area contributed by atoms with Gasteiger partial charge in [-0.1, -0.05) is 224 Å². The first-order chi connectivity index (χ1) is 36.2. The molecule has 342 valence electrons. The molecule has 13 aromatic rings. The average Bonchev–Trinajstić information content (AvgIpc) is 3.99. The van der Waals surface area contributed by atoms with Crippen molar-refractivity contribution < 1.29 is 0 Å². The van der Waals surface area contributed by atoms with Crippen molar-refractivity contribution in [2.45, 2.75) is 5.41 Å². The molecule has 1 nitrogen and oxygen atoms in total. The summed E-state index contributed by atoms with van der Waals surface area (Å²) in [4.78, 5) is 2.48. The topological polar surface area (TPSA) is 3.24 Å². The van der Waals surface area contributed by atoms with E-state index in [1.807, 2.05) is 11.3 Å². The number of benzene rings is 12. The van der Waals surface area contributed by atoms with E-state index >= 15 is 0 Å². The summed E-state index contributed by atoms with van der Waals surface area (Å²) in [6.45, 7) is 0. The predicted molar refractivity (Wildman–Crippen MR) is 311 cm³/mol. The van der Waals surface area contributed by atoms with Crippen LogP contribution in [-0.2, 0) is 5.41 Å². The second-order valence-corrected chi connectivity index (χ2v) is 20.3. The van der Waals surface area contributed by atoms with E-state index in [0.717, 1.165) is 28.2 Å². The van der Waals surface area contributed by atoms with Crippen LogP contribution in [0.5, 0.6) is 0 Å². The third kappa shape index (κ3) is 7.21. The Balaban J connectivity index is 0.967. The summed E-state index contributed by atoms with van der Waals surface area (Å²) in [6.07, 6.45) is 0. The molecule has 0 amide bonds. The Labute approximate surface area is 430 Å². The van der Waals surface area contributed by atoms with E-state index in [1.165, 1.54) is 97.7 Å². The standard InChI is InChI=1S/C71H47NS/c1-4-16-48(17-5-1)50-28-31-52(32-29-50)61-24-12-14-26-68(61)72(59-38-34-51(35-39-59)55-37-43-70-65(45-55)64-25-13-15-27-69(64)73-70)60-40-42-63-62-41-36-56(54-33-30-49-18-10-11-19-53(49)44-54)46-66(62)71(67(63)47-60,57-20-6-2-7-21-57)58-22-8-3-9-23-58/h1-47H. The van der Waals surface area contributed by atoms with Crippen LogP contribution in [0.3, 0.4) is 0 Å². The first-order valence-electron chi connectivity index (χ1n) is 25.1. The van der Waals surface area contributed by atoms with E-state index in [2.05, 4.69) is 290 Å². The van der Waals surface area contributed by atoms with Crippen LogP contribution in [0.1, 0.15) is 22.3 Å². The van der Waals surface area contributed by atoms with Gasteiger partial charge in [-0.3, -0.25) is 0 Å². The van der Waals surface area contributed by atoms with Crippen LogP contribution in [0.15, 0.2) is 285 Å². The first-order valence-corrected chi connectivity index (χ1v) is 26.0. The number of fused-ring (bicyclic) bond motifs is 7. The maximum absolute atomic E-state index is 2.49. The molecule has 0 N–H and O–H groups in total. The minimum absolute atomic E-state index is 0.622. The minimum atomic E-state index is -0.622. The second-order valence-electron chi connectivity index (χ2n) is 19.2. The van der Waals surface area contributed by atoms with Gasteiger partial charge in [-0.25, -0.2) is 0 Å². The van der Waals surface area contributed by atoms with Crippen LogP contribution < -0.4 is 4.90 Å². The van der Waals surface area contributed by atoms with Crippen molar-refractivity contribution in [1.29, 1.82) is 0 Å². The smallest absolute Gasteiger partial charge is 0.0714 e. The van der Waals surface area contributed by atoms with Gasteiger partial charge in [-0.15, -0.1) is 11.3 Å². The van der Waals surface area contributed by atoms with Gasteiger partial charge in [0.1, 0.15) is 0 Å². The fourth-order valence-electron chi connectivity index (χ4n) is 11.7. The highest BCUT2D eigenvalue weighted by Crippen LogP contribution is 2.58. The minimum Gasteiger partial charge on any atom is -0.310 e. The highest BCUT2D eigenvalue weighted by atomic mass is 32.1. The summed E-state index contributed by atoms with van der Waals surface area (Å²) in [7, 11) is 0. The van der Waals surface area contributed by atoms with Gasteiger partial charge in [0.15, 0.2) is 0 Å². The molecule has 0 saturated carbocycles. The quantitative estimate of drug-likeness (QED) is 0.139. The van der Waals surface area contributed by atoms with Gasteiger partial charge in [0.05, 0.1) is 11.1 Å². The summed E-state index contributed by atoms with van der Waals surface area (Å²) in [5.41, 5.74) is 19.7. The molecule has 1 aliphatic rings. The molecule has 0 fully saturated rings. The number of nitrogens with zero attached hydrogens (tertiary/aromatic N) is 1. The molecule has 0 bridgehead atoms. The van der Waals surface area contributed by atoms with Crippen molar-refractivity contribution in [1.82, 2.24) is 0 Å². The van der Waals surface area contributed by atoms with E-state index < -0.39 is 5.41 Å². The van der Waals surface area contributed by atoms with Crippen LogP contribution in [0.2, 0.25) is 0 Å². The zero-order valence-electron chi connectivity index (χ0n) is 40.0. The van der Waals surface area contributed by atoms with E-state index in [0.29, 0.717) is 0 Å². The van der Waals surface area contributed by atoms with Gasteiger partial charge in [-0.05, 0) is 144 Å². The van der Waals surface area contributed by atoms with Gasteiger partial charge >= 0.3 is 0 Å². The van der Waals surface area contributed by atoms with Crippen molar-refractivity contribution in [2.75, 3.05) is 4.90 Å². The molecular weight excluding hydrogens is 899 g/mol. The van der Waals surface area contributed by atoms with Crippen LogP contribution in [0.4, 0.5) is 17.1 Å². The van der Waals surface area contributed by atoms with Crippen molar-refractivity contribution >= 4 is 59.3 Å². The maximum Gasteiger partial charge on any atom is 0.0714 e. The molecule has 1 heterocycles. The number of rotatable bonds is 9. The van der Waals surface area contributed by atoms with Crippen molar-refractivity contribution in [3.8, 4) is 55.6 Å². The zero-order valence-corrected chi connectivity index (χ0v) is 40.8. The largest absolute Gasteiger partial charge is 0.310 e. The molecule has 2 heteroatoms. The number of thiophene rings is 1. The van der Waals surface area contributed by atoms with Gasteiger partial charge in [0.25, 0.3) is 0 Å². The number of hydrogen-bond acceptors (Lipinski definition) is 2. The van der Waals surface area contributed by atoms with Gasteiger partial charge in [0, 0.05) is 37.1 Å². The highest BCUT2D eigenvalue weighted by molar-refractivity contribution is 7.25. The Hall–Kier alpha value is -9.08. The number of hydrogen-bond donors (Lipinski definition) is 0. The predicted octanol–water partition coefficient (Wildman–Crippen LogP) is 19.7. The molecule has 14 rings (SSSR count). The Bertz CT molecular complexity index is 4130. The molecule has 0 atom stereocenters. The van der Waals surface area contributed by atoms with Crippen LogP contribution in [0, 0.1) is 0 Å². The molecular formula is C71H47NS. The van der Waals surface area contributed by atoms with Crippen LogP contribution in [-0.4, -0.2) is 0 Å². The fraction of sp³-hybridized carbons (Fsp3) is 0.0141. The normalized spacial score (nSPS) is 12.5. The van der Waals surface area contributed by atoms with E-state index in [4.69, 9.17) is 0 Å². The van der Waals surface area contributed by atoms with Gasteiger partial charge in [0.2, 0.25) is 0 Å². The Kier molecular flexibility index (Phi) is 10.3. The monoisotopic (exact) mass is 945 g/mol. The highest BCUT2D eigenvalue weighted by Gasteiger charge is 2.46. The molecule has 12 aromatic carbocycles. The van der Waals surface area contributed by atoms with Crippen molar-refractivity contribution in [2.24, 2.45) is 0 Å². The molecule has 0 unspecified atom stereocenters. The molecule has 0 radical (unpaired) electrons. The lowest BCUT2D eigenvalue weighted by Gasteiger charge is -2.35. The Morgan fingerprint density at radius 2 is 0.767 bits per heavy atom. The van der Waals surface area contributed by atoms with Crippen molar-refractivity contribution in [3.63, 3.8) is 0 Å². The van der Waals surface area contributed by atoms with E-state index in [9.17, 15) is 0 Å². The molecule has 0 aliphatic heterocycles. The lowest BCUT2D eigenvalue weighted by atomic mass is 9.67. The lowest BCUT2D eigenvalue weighted by Crippen LogP contribution is -2.28. The number of anilines is 3. The molecule has 1 aromatic heterocycles. The van der Waals surface area contributed by atoms with E-state index in [1.54, 1.807) is 0 Å². The summed E-state index contributed by atoms with van der Waals surface area (Å²) in [5, 5.41) is 5.10. The molecule has 73 heavy (non-hydrogen) atoms. The van der Waals surface area contributed by atoms with Crippen LogP contribution in [0.25, 0.3) is 86.6 Å². The molecule has 0 saturated heterocycles. The second kappa shape index (κ2) is 17.6. The maximum atomic E-state index is 2.49. The average molecular weight is 946 g/mol. The fourth-order valence-corrected chi connectivity index (χ4v) is 12.8. The lowest BCUT2D eigenvalue weighted by molar-refractivity contribution is 0.768.